The molecule has 5 heteroatoms. The molecule has 0 aliphatic heterocycles. The van der Waals surface area contributed by atoms with Crippen molar-refractivity contribution in [2.45, 2.75) is 13.5 Å². The Hall–Kier alpha value is -1.49. The monoisotopic (exact) mass is 229 g/mol. The first-order valence-electron chi connectivity index (χ1n) is 4.93. The highest BCUT2D eigenvalue weighted by Gasteiger charge is 2.05. The van der Waals surface area contributed by atoms with E-state index in [4.69, 9.17) is 0 Å². The minimum atomic E-state index is -0.505. The maximum Gasteiger partial charge on any atom is 0.319 e. The zero-order chi connectivity index (χ0) is 12.0. The molecule has 0 aromatic heterocycles. The Morgan fingerprint density at radius 3 is 2.88 bits per heavy atom. The van der Waals surface area contributed by atoms with Gasteiger partial charge in [0.15, 0.2) is 0 Å². The Morgan fingerprint density at radius 2 is 2.19 bits per heavy atom. The van der Waals surface area contributed by atoms with E-state index >= 15 is 0 Å². The zero-order valence-electron chi connectivity index (χ0n) is 8.93. The maximum atomic E-state index is 13.1. The van der Waals surface area contributed by atoms with Crippen LogP contribution in [0.4, 0.5) is 8.78 Å². The van der Waals surface area contributed by atoms with Crippen LogP contribution in [-0.4, -0.2) is 19.1 Å². The first-order chi connectivity index (χ1) is 7.63. The van der Waals surface area contributed by atoms with Crippen LogP contribution in [0.1, 0.15) is 12.5 Å². The van der Waals surface area contributed by atoms with E-state index in [9.17, 15) is 13.6 Å². The summed E-state index contributed by atoms with van der Waals surface area (Å²) in [6, 6.07) is 3.19. The molecule has 0 aliphatic rings. The molecule has 0 unspecified atom stereocenters. The highest BCUT2D eigenvalue weighted by atomic mass is 19.1. The van der Waals surface area contributed by atoms with E-state index in [2.05, 4.69) is 10.1 Å². The fraction of sp³-hybridized carbons (Fsp3) is 0.364. The van der Waals surface area contributed by atoms with Crippen molar-refractivity contribution in [2.75, 3.05) is 13.2 Å². The van der Waals surface area contributed by atoms with Gasteiger partial charge in [-0.1, -0.05) is 0 Å². The van der Waals surface area contributed by atoms with Crippen molar-refractivity contribution in [1.29, 1.82) is 0 Å². The van der Waals surface area contributed by atoms with Gasteiger partial charge in [-0.2, -0.15) is 0 Å². The van der Waals surface area contributed by atoms with Crippen LogP contribution in [0.2, 0.25) is 0 Å². The van der Waals surface area contributed by atoms with Crippen molar-refractivity contribution in [3.05, 3.63) is 35.4 Å². The van der Waals surface area contributed by atoms with Crippen LogP contribution in [0, 0.1) is 11.6 Å². The van der Waals surface area contributed by atoms with Gasteiger partial charge in [0.1, 0.15) is 11.6 Å². The number of carbonyl (C=O) groups is 1. The van der Waals surface area contributed by atoms with Crippen LogP contribution < -0.4 is 5.32 Å². The number of benzene rings is 1. The van der Waals surface area contributed by atoms with E-state index in [1.165, 1.54) is 0 Å². The summed E-state index contributed by atoms with van der Waals surface area (Å²) in [5.74, 6) is -1.42. The fourth-order valence-corrected chi connectivity index (χ4v) is 1.19. The third-order valence-electron chi connectivity index (χ3n) is 1.90. The largest absolute Gasteiger partial charge is 0.465 e. The summed E-state index contributed by atoms with van der Waals surface area (Å²) >= 11 is 0. The van der Waals surface area contributed by atoms with Gasteiger partial charge < -0.3 is 10.1 Å². The Labute approximate surface area is 92.4 Å². The van der Waals surface area contributed by atoms with E-state index in [1.54, 1.807) is 6.92 Å². The molecule has 3 nitrogen and oxygen atoms in total. The predicted molar refractivity (Wildman–Crippen MR) is 54.7 cm³/mol. The summed E-state index contributed by atoms with van der Waals surface area (Å²) in [4.78, 5) is 10.9. The SMILES string of the molecule is CCOC(=O)CNCc1cc(F)ccc1F. The minimum Gasteiger partial charge on any atom is -0.465 e. The second kappa shape index (κ2) is 6.17. The lowest BCUT2D eigenvalue weighted by atomic mass is 10.2. The number of hydrogen-bond acceptors (Lipinski definition) is 3. The van der Waals surface area contributed by atoms with Crippen LogP contribution in [-0.2, 0) is 16.1 Å². The molecule has 1 rings (SSSR count). The summed E-state index contributed by atoms with van der Waals surface area (Å²) in [6.45, 7) is 2.06. The molecule has 0 fully saturated rings. The van der Waals surface area contributed by atoms with Crippen LogP contribution >= 0.6 is 0 Å². The Balaban J connectivity index is 2.42. The molecule has 0 amide bonds. The molecule has 0 bridgehead atoms. The minimum absolute atomic E-state index is 0.0240. The van der Waals surface area contributed by atoms with Gasteiger partial charge in [0, 0.05) is 12.1 Å². The lowest BCUT2D eigenvalue weighted by Gasteiger charge is -2.05. The molecule has 0 spiro atoms. The van der Waals surface area contributed by atoms with Crippen LogP contribution in [0.3, 0.4) is 0 Å². The van der Waals surface area contributed by atoms with Gasteiger partial charge in [0.25, 0.3) is 0 Å². The third kappa shape index (κ3) is 3.94. The lowest BCUT2D eigenvalue weighted by Crippen LogP contribution is -2.24. The van der Waals surface area contributed by atoms with E-state index < -0.39 is 17.6 Å². The normalized spacial score (nSPS) is 10.2. The summed E-state index contributed by atoms with van der Waals surface area (Å²) in [5.41, 5.74) is 0.185. The molecule has 0 heterocycles. The number of esters is 1. The fourth-order valence-electron chi connectivity index (χ4n) is 1.19. The summed E-state index contributed by atoms with van der Waals surface area (Å²) in [5, 5.41) is 2.67. The number of rotatable bonds is 5. The summed E-state index contributed by atoms with van der Waals surface area (Å²) in [7, 11) is 0. The number of ether oxygens (including phenoxy) is 1. The average Bonchev–Trinajstić information content (AvgIpc) is 2.23. The first-order valence-corrected chi connectivity index (χ1v) is 4.93. The Bertz CT molecular complexity index is 369. The van der Waals surface area contributed by atoms with E-state index in [1.807, 2.05) is 0 Å². The second-order valence-electron chi connectivity index (χ2n) is 3.14. The van der Waals surface area contributed by atoms with Crippen molar-refractivity contribution >= 4 is 5.97 Å². The van der Waals surface area contributed by atoms with Crippen molar-refractivity contribution in [3.63, 3.8) is 0 Å². The molecular weight excluding hydrogens is 216 g/mol. The number of hydrogen-bond donors (Lipinski definition) is 1. The topological polar surface area (TPSA) is 38.3 Å². The van der Waals surface area contributed by atoms with E-state index in [0.29, 0.717) is 6.61 Å². The molecular formula is C11H13F2NO2. The van der Waals surface area contributed by atoms with Crippen LogP contribution in [0.5, 0.6) is 0 Å². The summed E-state index contributed by atoms with van der Waals surface area (Å²) in [6.07, 6.45) is 0. The molecule has 0 saturated heterocycles. The second-order valence-corrected chi connectivity index (χ2v) is 3.14. The smallest absolute Gasteiger partial charge is 0.319 e. The molecule has 0 radical (unpaired) electrons. The maximum absolute atomic E-state index is 13.1. The highest BCUT2D eigenvalue weighted by Crippen LogP contribution is 2.08. The third-order valence-corrected chi connectivity index (χ3v) is 1.90. The zero-order valence-corrected chi connectivity index (χ0v) is 8.93. The van der Waals surface area contributed by atoms with Crippen LogP contribution in [0.15, 0.2) is 18.2 Å². The molecule has 1 N–H and O–H groups in total. The van der Waals surface area contributed by atoms with Crippen molar-refractivity contribution in [3.8, 4) is 0 Å². The lowest BCUT2D eigenvalue weighted by molar-refractivity contribution is -0.142. The van der Waals surface area contributed by atoms with Crippen LogP contribution in [0.25, 0.3) is 0 Å². The van der Waals surface area contributed by atoms with Crippen molar-refractivity contribution in [2.24, 2.45) is 0 Å². The van der Waals surface area contributed by atoms with E-state index in [0.717, 1.165) is 18.2 Å². The van der Waals surface area contributed by atoms with Crippen molar-refractivity contribution < 1.29 is 18.3 Å². The molecule has 16 heavy (non-hydrogen) atoms. The van der Waals surface area contributed by atoms with Gasteiger partial charge >= 0.3 is 5.97 Å². The molecule has 0 atom stereocenters. The van der Waals surface area contributed by atoms with Gasteiger partial charge in [0.05, 0.1) is 13.2 Å². The number of carbonyl (C=O) groups excluding carboxylic acids is 1. The quantitative estimate of drug-likeness (QED) is 0.780. The first kappa shape index (κ1) is 12.6. The average molecular weight is 229 g/mol. The van der Waals surface area contributed by atoms with Gasteiger partial charge in [-0.25, -0.2) is 8.78 Å². The van der Waals surface area contributed by atoms with Gasteiger partial charge in [-0.3, -0.25) is 4.79 Å². The van der Waals surface area contributed by atoms with Crippen molar-refractivity contribution in [1.82, 2.24) is 5.32 Å². The predicted octanol–water partition coefficient (Wildman–Crippen LogP) is 1.62. The highest BCUT2D eigenvalue weighted by molar-refractivity contribution is 5.71. The van der Waals surface area contributed by atoms with Gasteiger partial charge in [-0.05, 0) is 25.1 Å². The number of nitrogens with one attached hydrogen (secondary N) is 1. The Morgan fingerprint density at radius 1 is 1.44 bits per heavy atom. The van der Waals surface area contributed by atoms with Gasteiger partial charge in [-0.15, -0.1) is 0 Å². The van der Waals surface area contributed by atoms with E-state index in [-0.39, 0.29) is 18.7 Å². The molecule has 0 saturated carbocycles. The van der Waals surface area contributed by atoms with Gasteiger partial charge in [0.2, 0.25) is 0 Å². The Kier molecular flexibility index (Phi) is 4.85. The standard InChI is InChI=1S/C11H13F2NO2/c1-2-16-11(15)7-14-6-8-5-9(12)3-4-10(8)13/h3-5,14H,2,6-7H2,1H3. The molecule has 88 valence electrons. The molecule has 0 aliphatic carbocycles. The molecule has 1 aromatic carbocycles. The molecule has 1 aromatic rings. The summed E-state index contributed by atoms with van der Waals surface area (Å²) < 4.78 is 30.6. The number of halogens is 2.